The molecule has 26 heavy (non-hydrogen) atoms. The van der Waals surface area contributed by atoms with E-state index >= 15 is 0 Å². The van der Waals surface area contributed by atoms with Crippen LogP contribution < -0.4 is 20.8 Å². The Labute approximate surface area is 148 Å². The number of hydrogen-bond acceptors (Lipinski definition) is 6. The third-order valence-corrected chi connectivity index (χ3v) is 4.55. The summed E-state index contributed by atoms with van der Waals surface area (Å²) in [5, 5.41) is 8.05. The van der Waals surface area contributed by atoms with Crippen molar-refractivity contribution in [3.05, 3.63) is 64.5 Å². The SMILES string of the molecule is COc1ccc2oc(=O)c(C(=O)Nc3ccc(S(N)(=O)=O)cc3)cc2c1. The highest BCUT2D eigenvalue weighted by molar-refractivity contribution is 7.89. The Hall–Kier alpha value is -3.17. The van der Waals surface area contributed by atoms with Crippen LogP contribution >= 0.6 is 0 Å². The van der Waals surface area contributed by atoms with Gasteiger partial charge in [0.25, 0.3) is 5.91 Å². The molecule has 9 heteroatoms. The summed E-state index contributed by atoms with van der Waals surface area (Å²) >= 11 is 0. The van der Waals surface area contributed by atoms with Crippen LogP contribution in [0.15, 0.2) is 62.6 Å². The van der Waals surface area contributed by atoms with Gasteiger partial charge in [-0.15, -0.1) is 0 Å². The lowest BCUT2D eigenvalue weighted by Gasteiger charge is -2.07. The molecule has 3 N–H and O–H groups in total. The van der Waals surface area contributed by atoms with Crippen molar-refractivity contribution >= 4 is 32.6 Å². The first-order chi connectivity index (χ1) is 12.3. The molecule has 0 unspecified atom stereocenters. The first-order valence-corrected chi connectivity index (χ1v) is 8.89. The van der Waals surface area contributed by atoms with Gasteiger partial charge in [-0.2, -0.15) is 0 Å². The van der Waals surface area contributed by atoms with Gasteiger partial charge in [-0.1, -0.05) is 0 Å². The molecule has 0 aliphatic heterocycles. The van der Waals surface area contributed by atoms with E-state index in [1.54, 1.807) is 18.2 Å². The van der Waals surface area contributed by atoms with Gasteiger partial charge in [0.15, 0.2) is 0 Å². The number of carbonyl (C=O) groups is 1. The second kappa shape index (κ2) is 6.62. The minimum atomic E-state index is -3.83. The Morgan fingerprint density at radius 2 is 1.81 bits per heavy atom. The minimum Gasteiger partial charge on any atom is -0.497 e. The van der Waals surface area contributed by atoms with E-state index in [1.807, 2.05) is 0 Å². The Balaban J connectivity index is 1.92. The van der Waals surface area contributed by atoms with Crippen LogP contribution in [0.4, 0.5) is 5.69 Å². The highest BCUT2D eigenvalue weighted by Crippen LogP contribution is 2.21. The van der Waals surface area contributed by atoms with Crippen molar-refractivity contribution in [2.45, 2.75) is 4.90 Å². The number of sulfonamides is 1. The molecule has 0 aliphatic carbocycles. The average molecular weight is 374 g/mol. The van der Waals surface area contributed by atoms with Gasteiger partial charge >= 0.3 is 5.63 Å². The number of amides is 1. The molecule has 3 aromatic rings. The maximum atomic E-state index is 12.4. The number of hydrogen-bond donors (Lipinski definition) is 2. The number of fused-ring (bicyclic) bond motifs is 1. The standard InChI is InChI=1S/C17H14N2O6S/c1-24-12-4-7-15-10(8-12)9-14(17(21)25-15)16(20)19-11-2-5-13(6-3-11)26(18,22)23/h2-9H,1H3,(H,19,20)(H2,18,22,23). The van der Waals surface area contributed by atoms with E-state index in [-0.39, 0.29) is 10.5 Å². The first kappa shape index (κ1) is 17.6. The van der Waals surface area contributed by atoms with Crippen molar-refractivity contribution in [1.82, 2.24) is 0 Å². The number of carbonyl (C=O) groups excluding carboxylic acids is 1. The topological polar surface area (TPSA) is 129 Å². The largest absolute Gasteiger partial charge is 0.497 e. The number of anilines is 1. The van der Waals surface area contributed by atoms with E-state index in [4.69, 9.17) is 14.3 Å². The van der Waals surface area contributed by atoms with Crippen LogP contribution in [-0.2, 0) is 10.0 Å². The van der Waals surface area contributed by atoms with Gasteiger partial charge in [0.05, 0.1) is 12.0 Å². The van der Waals surface area contributed by atoms with Crippen LogP contribution in [0.1, 0.15) is 10.4 Å². The van der Waals surface area contributed by atoms with E-state index in [1.165, 1.54) is 37.4 Å². The third-order valence-electron chi connectivity index (χ3n) is 3.62. The molecule has 1 aromatic heterocycles. The summed E-state index contributed by atoms with van der Waals surface area (Å²) in [6.45, 7) is 0. The number of methoxy groups -OCH3 is 1. The van der Waals surface area contributed by atoms with Crippen molar-refractivity contribution in [1.29, 1.82) is 0 Å². The molecule has 0 spiro atoms. The molecular formula is C17H14N2O6S. The van der Waals surface area contributed by atoms with Crippen molar-refractivity contribution in [2.75, 3.05) is 12.4 Å². The molecule has 3 rings (SSSR count). The van der Waals surface area contributed by atoms with Crippen LogP contribution in [0.5, 0.6) is 5.75 Å². The number of nitrogens with one attached hydrogen (secondary N) is 1. The van der Waals surface area contributed by atoms with Crippen LogP contribution in [0.2, 0.25) is 0 Å². The number of rotatable bonds is 4. The summed E-state index contributed by atoms with van der Waals surface area (Å²) in [6.07, 6.45) is 0. The van der Waals surface area contributed by atoms with E-state index in [0.717, 1.165) is 0 Å². The Morgan fingerprint density at radius 3 is 2.42 bits per heavy atom. The van der Waals surface area contributed by atoms with Crippen LogP contribution in [0.3, 0.4) is 0 Å². The number of benzene rings is 2. The lowest BCUT2D eigenvalue weighted by Crippen LogP contribution is -2.20. The molecule has 0 aliphatic rings. The van der Waals surface area contributed by atoms with Crippen molar-refractivity contribution < 1.29 is 22.4 Å². The zero-order valence-electron chi connectivity index (χ0n) is 13.6. The van der Waals surface area contributed by atoms with Gasteiger partial charge in [0.2, 0.25) is 10.0 Å². The molecule has 134 valence electrons. The molecule has 0 radical (unpaired) electrons. The second-order valence-electron chi connectivity index (χ2n) is 5.37. The van der Waals surface area contributed by atoms with E-state index < -0.39 is 21.6 Å². The zero-order valence-corrected chi connectivity index (χ0v) is 14.4. The van der Waals surface area contributed by atoms with Crippen LogP contribution in [0, 0.1) is 0 Å². The molecule has 0 fully saturated rings. The van der Waals surface area contributed by atoms with Crippen LogP contribution in [0.25, 0.3) is 11.0 Å². The predicted molar refractivity (Wildman–Crippen MR) is 94.8 cm³/mol. The molecule has 8 nitrogen and oxygen atoms in total. The van der Waals surface area contributed by atoms with Gasteiger partial charge in [0.1, 0.15) is 16.9 Å². The van der Waals surface area contributed by atoms with Gasteiger partial charge < -0.3 is 14.5 Å². The van der Waals surface area contributed by atoms with E-state index in [9.17, 15) is 18.0 Å². The molecule has 0 saturated carbocycles. The Kier molecular flexibility index (Phi) is 4.49. The summed E-state index contributed by atoms with van der Waals surface area (Å²) in [7, 11) is -2.33. The molecule has 0 bridgehead atoms. The number of nitrogens with two attached hydrogens (primary N) is 1. The normalized spacial score (nSPS) is 11.3. The van der Waals surface area contributed by atoms with Crippen molar-refractivity contribution in [3.8, 4) is 5.75 Å². The van der Waals surface area contributed by atoms with E-state index in [2.05, 4.69) is 5.32 Å². The highest BCUT2D eigenvalue weighted by Gasteiger charge is 2.15. The maximum absolute atomic E-state index is 12.4. The minimum absolute atomic E-state index is 0.0900. The van der Waals surface area contributed by atoms with Gasteiger partial charge in [-0.25, -0.2) is 18.4 Å². The van der Waals surface area contributed by atoms with E-state index in [0.29, 0.717) is 22.4 Å². The van der Waals surface area contributed by atoms with Crippen LogP contribution in [-0.4, -0.2) is 21.4 Å². The fourth-order valence-electron chi connectivity index (χ4n) is 2.31. The Morgan fingerprint density at radius 1 is 1.12 bits per heavy atom. The summed E-state index contributed by atoms with van der Waals surface area (Å²) < 4.78 is 32.7. The average Bonchev–Trinajstić information content (AvgIpc) is 2.60. The number of primary sulfonamides is 1. The molecule has 1 heterocycles. The highest BCUT2D eigenvalue weighted by atomic mass is 32.2. The van der Waals surface area contributed by atoms with Crippen molar-refractivity contribution in [3.63, 3.8) is 0 Å². The number of ether oxygens (including phenoxy) is 1. The summed E-state index contributed by atoms with van der Waals surface area (Å²) in [6, 6.07) is 11.5. The fraction of sp³-hybridized carbons (Fsp3) is 0.0588. The zero-order chi connectivity index (χ0) is 18.9. The quantitative estimate of drug-likeness (QED) is 0.669. The molecule has 0 atom stereocenters. The lowest BCUT2D eigenvalue weighted by molar-refractivity contribution is 0.102. The lowest BCUT2D eigenvalue weighted by atomic mass is 10.1. The molecule has 2 aromatic carbocycles. The van der Waals surface area contributed by atoms with Crippen molar-refractivity contribution in [2.24, 2.45) is 5.14 Å². The molecule has 1 amide bonds. The maximum Gasteiger partial charge on any atom is 0.349 e. The third kappa shape index (κ3) is 3.58. The van der Waals surface area contributed by atoms with Gasteiger partial charge in [-0.05, 0) is 48.5 Å². The van der Waals surface area contributed by atoms with Gasteiger partial charge in [-0.3, -0.25) is 4.79 Å². The van der Waals surface area contributed by atoms with Gasteiger partial charge in [0, 0.05) is 11.1 Å². The monoisotopic (exact) mass is 374 g/mol. The first-order valence-electron chi connectivity index (χ1n) is 7.34. The summed E-state index contributed by atoms with van der Waals surface area (Å²) in [4.78, 5) is 24.3. The fourth-order valence-corrected chi connectivity index (χ4v) is 2.83. The summed E-state index contributed by atoms with van der Waals surface area (Å²) in [5.74, 6) is -0.136. The Bertz CT molecular complexity index is 1150. The smallest absolute Gasteiger partial charge is 0.349 e. The summed E-state index contributed by atoms with van der Waals surface area (Å²) in [5.41, 5.74) is -0.361. The predicted octanol–water partition coefficient (Wildman–Crippen LogP) is 1.70. The molecular weight excluding hydrogens is 360 g/mol. The second-order valence-corrected chi connectivity index (χ2v) is 6.94. The molecule has 0 saturated heterocycles.